The van der Waals surface area contributed by atoms with Crippen LogP contribution in [0.25, 0.3) is 10.8 Å². The van der Waals surface area contributed by atoms with E-state index in [1.807, 2.05) is 0 Å². The zero-order valence-corrected chi connectivity index (χ0v) is 14.9. The van der Waals surface area contributed by atoms with E-state index in [-0.39, 0.29) is 5.11 Å². The summed E-state index contributed by atoms with van der Waals surface area (Å²) in [5, 5.41) is 37.9. The van der Waals surface area contributed by atoms with Crippen molar-refractivity contribution in [3.8, 4) is 0 Å². The maximum absolute atomic E-state index is 11.9. The molecule has 2 aliphatic rings. The number of ether oxygens (including phenoxy) is 1. The number of aliphatic hydroxyl groups is 3. The van der Waals surface area contributed by atoms with Crippen LogP contribution in [0.3, 0.4) is 0 Å². The van der Waals surface area contributed by atoms with Gasteiger partial charge in [-0.3, -0.25) is 4.79 Å². The molecule has 4 rings (SSSR count). The number of aryl methyl sites for hydroxylation is 1. The molecule has 2 aromatic heterocycles. The highest BCUT2D eigenvalue weighted by Crippen LogP contribution is 2.44. The molecule has 0 amide bonds. The number of hydrogen-bond donors (Lipinski definition) is 5. The number of aromatic nitrogens is 2. The molecule has 9 nitrogen and oxygen atoms in total. The summed E-state index contributed by atoms with van der Waals surface area (Å²) in [4.78, 5) is 16.0. The SMILES string of the molecule is Cc1cc(=O)nc2c3c(n(C4O[C@H](CO)[C@@H](O)[C@]4(C)O)cc13)NC(=S)N2. The fourth-order valence-electron chi connectivity index (χ4n) is 3.56. The largest absolute Gasteiger partial charge is 0.394 e. The monoisotopic (exact) mass is 378 g/mol. The summed E-state index contributed by atoms with van der Waals surface area (Å²) in [5.74, 6) is 0.800. The van der Waals surface area contributed by atoms with Gasteiger partial charge >= 0.3 is 0 Å². The van der Waals surface area contributed by atoms with Crippen molar-refractivity contribution in [2.45, 2.75) is 37.9 Å². The molecular weight excluding hydrogens is 360 g/mol. The van der Waals surface area contributed by atoms with Crippen LogP contribution in [0.15, 0.2) is 17.1 Å². The Kier molecular flexibility index (Phi) is 3.79. The molecular formula is C16H18N4O5S. The summed E-state index contributed by atoms with van der Waals surface area (Å²) in [6.45, 7) is 2.79. The van der Waals surface area contributed by atoms with Gasteiger partial charge in [0.05, 0.1) is 12.0 Å². The molecule has 0 saturated carbocycles. The second-order valence-corrected chi connectivity index (χ2v) is 7.17. The van der Waals surface area contributed by atoms with Crippen LogP contribution in [0.4, 0.5) is 11.6 Å². The van der Waals surface area contributed by atoms with Gasteiger partial charge in [-0.05, 0) is 31.6 Å². The second kappa shape index (κ2) is 5.69. The molecule has 4 atom stereocenters. The van der Waals surface area contributed by atoms with Crippen molar-refractivity contribution >= 4 is 39.7 Å². The average molecular weight is 378 g/mol. The van der Waals surface area contributed by atoms with Gasteiger partial charge in [0.2, 0.25) is 0 Å². The number of nitrogens with one attached hydrogen (secondary N) is 2. The van der Waals surface area contributed by atoms with Gasteiger partial charge in [0.1, 0.15) is 29.4 Å². The zero-order valence-electron chi connectivity index (χ0n) is 14.1. The Morgan fingerprint density at radius 1 is 1.46 bits per heavy atom. The molecule has 0 aromatic carbocycles. The van der Waals surface area contributed by atoms with Gasteiger partial charge in [0.25, 0.3) is 5.56 Å². The lowest BCUT2D eigenvalue weighted by molar-refractivity contribution is -0.0953. The first kappa shape index (κ1) is 17.3. The molecule has 4 heterocycles. The second-order valence-electron chi connectivity index (χ2n) is 6.76. The summed E-state index contributed by atoms with van der Waals surface area (Å²) in [6, 6.07) is 1.41. The van der Waals surface area contributed by atoms with Crippen molar-refractivity contribution in [3.05, 3.63) is 28.2 Å². The topological polar surface area (TPSA) is 129 Å². The number of nitrogens with zero attached hydrogens (tertiary/aromatic N) is 2. The van der Waals surface area contributed by atoms with Crippen LogP contribution in [0.2, 0.25) is 0 Å². The molecule has 138 valence electrons. The minimum atomic E-state index is -1.65. The van der Waals surface area contributed by atoms with Gasteiger partial charge < -0.3 is 35.3 Å². The third-order valence-electron chi connectivity index (χ3n) is 4.91. The molecule has 0 radical (unpaired) electrons. The Morgan fingerprint density at radius 2 is 2.19 bits per heavy atom. The first-order valence-corrected chi connectivity index (χ1v) is 8.46. The van der Waals surface area contributed by atoms with Crippen molar-refractivity contribution < 1.29 is 20.1 Å². The van der Waals surface area contributed by atoms with E-state index < -0.39 is 36.2 Å². The maximum atomic E-state index is 11.9. The summed E-state index contributed by atoms with van der Waals surface area (Å²) in [7, 11) is 0. The molecule has 2 aliphatic heterocycles. The van der Waals surface area contributed by atoms with Gasteiger partial charge in [-0.25, -0.2) is 0 Å². The van der Waals surface area contributed by atoms with E-state index in [0.717, 1.165) is 0 Å². The van der Waals surface area contributed by atoms with Gasteiger partial charge in [0.15, 0.2) is 11.3 Å². The molecule has 26 heavy (non-hydrogen) atoms. The molecule has 1 saturated heterocycles. The third kappa shape index (κ3) is 2.34. The average Bonchev–Trinajstić information content (AvgIpc) is 2.99. The fourth-order valence-corrected chi connectivity index (χ4v) is 3.76. The van der Waals surface area contributed by atoms with E-state index in [4.69, 9.17) is 17.0 Å². The summed E-state index contributed by atoms with van der Waals surface area (Å²) >= 11 is 5.19. The van der Waals surface area contributed by atoms with Crippen LogP contribution in [0, 0.1) is 6.92 Å². The normalized spacial score (nSPS) is 30.3. The van der Waals surface area contributed by atoms with Crippen molar-refractivity contribution in [1.29, 1.82) is 0 Å². The number of anilines is 2. The van der Waals surface area contributed by atoms with Gasteiger partial charge in [-0.2, -0.15) is 4.98 Å². The van der Waals surface area contributed by atoms with E-state index in [0.29, 0.717) is 28.0 Å². The highest BCUT2D eigenvalue weighted by atomic mass is 32.1. The first-order chi connectivity index (χ1) is 12.2. The van der Waals surface area contributed by atoms with Crippen LogP contribution in [0.5, 0.6) is 0 Å². The van der Waals surface area contributed by atoms with E-state index in [1.165, 1.54) is 13.0 Å². The van der Waals surface area contributed by atoms with Crippen LogP contribution >= 0.6 is 12.2 Å². The molecule has 10 heteroatoms. The van der Waals surface area contributed by atoms with E-state index in [2.05, 4.69) is 15.6 Å². The number of rotatable bonds is 2. The van der Waals surface area contributed by atoms with Crippen molar-refractivity contribution in [2.24, 2.45) is 0 Å². The Hall–Kier alpha value is -2.11. The number of aliphatic hydroxyl groups excluding tert-OH is 2. The zero-order chi connectivity index (χ0) is 18.8. The molecule has 5 N–H and O–H groups in total. The van der Waals surface area contributed by atoms with E-state index in [1.54, 1.807) is 17.7 Å². The molecule has 2 aromatic rings. The van der Waals surface area contributed by atoms with Crippen LogP contribution < -0.4 is 16.2 Å². The van der Waals surface area contributed by atoms with Gasteiger partial charge in [-0.15, -0.1) is 0 Å². The van der Waals surface area contributed by atoms with Crippen molar-refractivity contribution in [1.82, 2.24) is 9.55 Å². The molecule has 0 aliphatic carbocycles. The first-order valence-electron chi connectivity index (χ1n) is 8.05. The highest BCUT2D eigenvalue weighted by Gasteiger charge is 2.53. The van der Waals surface area contributed by atoms with Crippen LogP contribution in [0.1, 0.15) is 18.7 Å². The number of thiocarbonyl (C=S) groups is 1. The minimum Gasteiger partial charge on any atom is -0.394 e. The van der Waals surface area contributed by atoms with Crippen molar-refractivity contribution in [3.63, 3.8) is 0 Å². The smallest absolute Gasteiger partial charge is 0.271 e. The molecule has 1 fully saturated rings. The summed E-state index contributed by atoms with van der Waals surface area (Å²) in [6.07, 6.45) is -1.47. The minimum absolute atomic E-state index is 0.242. The maximum Gasteiger partial charge on any atom is 0.271 e. The lowest BCUT2D eigenvalue weighted by atomic mass is 9.96. The quantitative estimate of drug-likeness (QED) is 0.452. The molecule has 0 spiro atoms. The Labute approximate surface area is 153 Å². The lowest BCUT2D eigenvalue weighted by Crippen LogP contribution is -2.44. The Morgan fingerprint density at radius 3 is 2.85 bits per heavy atom. The van der Waals surface area contributed by atoms with Crippen LogP contribution in [-0.4, -0.2) is 54.4 Å². The lowest BCUT2D eigenvalue weighted by Gasteiger charge is -2.29. The van der Waals surface area contributed by atoms with E-state index >= 15 is 0 Å². The standard InChI is InChI=1S/C16H18N4O5S/c1-6-3-9(22)17-12-10-7(6)4-20(13(10)19-15(26)18-12)14-16(2,24)11(23)8(5-21)25-14/h3-4,8,11,14,21,23-24H,5H2,1-2H3,(H2,17,18,19,22,26)/t8-,11-,14?,16+/m1/s1. The Balaban J connectivity index is 2.00. The summed E-state index contributed by atoms with van der Waals surface area (Å²) in [5.41, 5.74) is -1.36. The molecule has 0 bridgehead atoms. The third-order valence-corrected chi connectivity index (χ3v) is 5.11. The predicted octanol–water partition coefficient (Wildman–Crippen LogP) is -0.171. The van der Waals surface area contributed by atoms with Crippen molar-refractivity contribution in [2.75, 3.05) is 17.2 Å². The van der Waals surface area contributed by atoms with E-state index in [9.17, 15) is 20.1 Å². The Bertz CT molecular complexity index is 989. The van der Waals surface area contributed by atoms with Crippen LogP contribution in [-0.2, 0) is 4.74 Å². The fraction of sp³-hybridized carbons (Fsp3) is 0.438. The predicted molar refractivity (Wildman–Crippen MR) is 98.2 cm³/mol. The van der Waals surface area contributed by atoms with Gasteiger partial charge in [-0.1, -0.05) is 0 Å². The van der Waals surface area contributed by atoms with Gasteiger partial charge in [0, 0.05) is 17.6 Å². The number of hydrogen-bond acceptors (Lipinski definition) is 7. The highest BCUT2D eigenvalue weighted by molar-refractivity contribution is 7.80. The summed E-state index contributed by atoms with van der Waals surface area (Å²) < 4.78 is 7.32. The molecule has 1 unspecified atom stereocenters.